The molecule has 0 atom stereocenters. The van der Waals surface area contributed by atoms with E-state index in [0.29, 0.717) is 53.8 Å². The summed E-state index contributed by atoms with van der Waals surface area (Å²) in [7, 11) is -2.32. The van der Waals surface area contributed by atoms with Crippen molar-refractivity contribution in [1.82, 2.24) is 13.9 Å². The van der Waals surface area contributed by atoms with Gasteiger partial charge in [0.1, 0.15) is 0 Å². The molecule has 1 aliphatic rings. The molecule has 1 aliphatic heterocycles. The molecule has 3 aromatic rings. The molecule has 1 saturated heterocycles. The maximum Gasteiger partial charge on any atom is 0.314 e. The van der Waals surface area contributed by atoms with Crippen molar-refractivity contribution < 1.29 is 37.0 Å². The second-order valence-electron chi connectivity index (χ2n) is 11.1. The molecule has 3 heterocycles. The summed E-state index contributed by atoms with van der Waals surface area (Å²) in [4.78, 5) is 36.2. The predicted molar refractivity (Wildman–Crippen MR) is 154 cm³/mol. The van der Waals surface area contributed by atoms with Gasteiger partial charge >= 0.3 is 11.9 Å². The zero-order valence-electron chi connectivity index (χ0n) is 24.4. The fourth-order valence-electron chi connectivity index (χ4n) is 4.61. The van der Waals surface area contributed by atoms with Crippen molar-refractivity contribution >= 4 is 39.1 Å². The van der Waals surface area contributed by atoms with E-state index in [-0.39, 0.29) is 23.3 Å². The van der Waals surface area contributed by atoms with Gasteiger partial charge in [0, 0.05) is 50.1 Å². The van der Waals surface area contributed by atoms with Crippen LogP contribution in [0.25, 0.3) is 16.6 Å². The number of rotatable bonds is 9. The average Bonchev–Trinajstić information content (AvgIpc) is 3.33. The highest BCUT2D eigenvalue weighted by atomic mass is 32.2. The smallest absolute Gasteiger partial charge is 0.314 e. The van der Waals surface area contributed by atoms with Crippen LogP contribution in [-0.2, 0) is 45.0 Å². The van der Waals surface area contributed by atoms with E-state index in [4.69, 9.17) is 14.2 Å². The zero-order chi connectivity index (χ0) is 30.7. The topological polar surface area (TPSA) is 146 Å². The van der Waals surface area contributed by atoms with Gasteiger partial charge in [-0.25, -0.2) is 12.9 Å². The number of nitrogens with one attached hydrogen (secondary N) is 1. The van der Waals surface area contributed by atoms with Crippen LogP contribution in [0.15, 0.2) is 47.6 Å². The van der Waals surface area contributed by atoms with Gasteiger partial charge in [0.2, 0.25) is 22.7 Å². The summed E-state index contributed by atoms with van der Waals surface area (Å²) in [6.07, 6.45) is 4.22. The number of anilines is 1. The molecule has 0 unspecified atom stereocenters. The molecule has 42 heavy (non-hydrogen) atoms. The van der Waals surface area contributed by atoms with E-state index in [9.17, 15) is 22.8 Å². The third-order valence-electron chi connectivity index (χ3n) is 6.92. The lowest BCUT2D eigenvalue weighted by atomic mass is 9.98. The zero-order valence-corrected chi connectivity index (χ0v) is 25.2. The maximum atomic E-state index is 13.9. The number of fused-ring (bicyclic) bond motifs is 1. The van der Waals surface area contributed by atoms with Crippen LogP contribution < -0.4 is 5.32 Å². The van der Waals surface area contributed by atoms with Gasteiger partial charge in [0.15, 0.2) is 0 Å². The average molecular weight is 601 g/mol. The van der Waals surface area contributed by atoms with Crippen molar-refractivity contribution in [2.24, 2.45) is 5.41 Å². The standard InChI is InChI=1S/C29H36N4O8S/c1-19(34)31-22-6-7-24(26(16-22)42(37,38)32-11-9-23(39-5)10-12-32)20-8-13-33-25(14-20)21(17-30-33)15-27(35)40-18-41-28(36)29(2,3)4/h6-8,13-14,16-17,23H,9-12,15,18H2,1-5H3,(H,31,34). The van der Waals surface area contributed by atoms with E-state index < -0.39 is 34.2 Å². The van der Waals surface area contributed by atoms with Gasteiger partial charge in [-0.2, -0.15) is 9.40 Å². The van der Waals surface area contributed by atoms with Gasteiger partial charge < -0.3 is 19.5 Å². The van der Waals surface area contributed by atoms with Crippen LogP contribution in [0.3, 0.4) is 0 Å². The number of amides is 1. The Balaban J connectivity index is 1.63. The third kappa shape index (κ3) is 7.15. The van der Waals surface area contributed by atoms with Crippen molar-refractivity contribution in [2.45, 2.75) is 58.0 Å². The number of carbonyl (C=O) groups is 3. The molecule has 0 spiro atoms. The summed E-state index contributed by atoms with van der Waals surface area (Å²) in [6.45, 7) is 6.56. The molecule has 0 radical (unpaired) electrons. The number of sulfonamides is 1. The molecule has 13 heteroatoms. The molecule has 0 aliphatic carbocycles. The number of benzene rings is 1. The van der Waals surface area contributed by atoms with Crippen molar-refractivity contribution in [1.29, 1.82) is 0 Å². The second kappa shape index (κ2) is 12.6. The van der Waals surface area contributed by atoms with Gasteiger partial charge in [-0.05, 0) is 63.4 Å². The third-order valence-corrected chi connectivity index (χ3v) is 8.86. The number of hydrogen-bond acceptors (Lipinski definition) is 9. The molecule has 2 aromatic heterocycles. The van der Waals surface area contributed by atoms with Gasteiger partial charge in [-0.3, -0.25) is 14.4 Å². The van der Waals surface area contributed by atoms with Gasteiger partial charge in [0.25, 0.3) is 0 Å². The van der Waals surface area contributed by atoms with E-state index in [2.05, 4.69) is 10.4 Å². The Labute approximate surface area is 245 Å². The molecule has 4 rings (SSSR count). The largest absolute Gasteiger partial charge is 0.428 e. The fraction of sp³-hybridized carbons (Fsp3) is 0.448. The molecular formula is C29H36N4O8S. The number of hydrogen-bond donors (Lipinski definition) is 1. The Morgan fingerprint density at radius 1 is 1.07 bits per heavy atom. The Morgan fingerprint density at radius 2 is 1.79 bits per heavy atom. The number of methoxy groups -OCH3 is 1. The minimum Gasteiger partial charge on any atom is -0.428 e. The second-order valence-corrected chi connectivity index (χ2v) is 13.0. The lowest BCUT2D eigenvalue weighted by molar-refractivity contribution is -0.172. The number of nitrogens with zero attached hydrogens (tertiary/aromatic N) is 3. The number of aromatic nitrogens is 2. The van der Waals surface area contributed by atoms with Crippen LogP contribution in [0.2, 0.25) is 0 Å². The molecule has 1 N–H and O–H groups in total. The number of pyridine rings is 1. The first-order valence-corrected chi connectivity index (χ1v) is 15.0. The lowest BCUT2D eigenvalue weighted by Crippen LogP contribution is -2.40. The van der Waals surface area contributed by atoms with E-state index in [1.807, 2.05) is 0 Å². The first kappa shape index (κ1) is 31.1. The van der Waals surface area contributed by atoms with Gasteiger partial charge in [-0.1, -0.05) is 6.07 Å². The first-order chi connectivity index (χ1) is 19.8. The van der Waals surface area contributed by atoms with Crippen molar-refractivity contribution in [2.75, 3.05) is 32.3 Å². The minimum atomic E-state index is -3.94. The molecule has 1 aromatic carbocycles. The SMILES string of the molecule is COC1CCN(S(=O)(=O)c2cc(NC(C)=O)ccc2-c2ccn3ncc(CC(=O)OCOC(=O)C(C)(C)C)c3c2)CC1. The normalized spacial score (nSPS) is 15.0. The Morgan fingerprint density at radius 3 is 2.43 bits per heavy atom. The molecule has 0 bridgehead atoms. The summed E-state index contributed by atoms with van der Waals surface area (Å²) in [5.74, 6) is -1.42. The van der Waals surface area contributed by atoms with E-state index >= 15 is 0 Å². The number of esters is 2. The molecule has 1 amide bonds. The highest BCUT2D eigenvalue weighted by molar-refractivity contribution is 7.89. The summed E-state index contributed by atoms with van der Waals surface area (Å²) < 4.78 is 46.3. The van der Waals surface area contributed by atoms with Crippen LogP contribution in [-0.4, -0.2) is 73.3 Å². The molecule has 226 valence electrons. The van der Waals surface area contributed by atoms with Gasteiger partial charge in [0.05, 0.1) is 34.5 Å². The van der Waals surface area contributed by atoms with E-state index in [1.54, 1.807) is 62.9 Å². The summed E-state index contributed by atoms with van der Waals surface area (Å²) in [5.41, 5.74) is 1.77. The molecule has 12 nitrogen and oxygen atoms in total. The van der Waals surface area contributed by atoms with Crippen LogP contribution in [0.4, 0.5) is 5.69 Å². The molecule has 1 fully saturated rings. The lowest BCUT2D eigenvalue weighted by Gasteiger charge is -2.31. The van der Waals surface area contributed by atoms with E-state index in [0.717, 1.165) is 0 Å². The Kier molecular flexibility index (Phi) is 9.34. The van der Waals surface area contributed by atoms with Crippen molar-refractivity contribution in [3.05, 3.63) is 48.3 Å². The Hall–Kier alpha value is -3.81. The molecular weight excluding hydrogens is 564 g/mol. The van der Waals surface area contributed by atoms with Crippen LogP contribution in [0.5, 0.6) is 0 Å². The van der Waals surface area contributed by atoms with Crippen molar-refractivity contribution in [3.63, 3.8) is 0 Å². The number of carbonyl (C=O) groups excluding carboxylic acids is 3. The quantitative estimate of drug-likeness (QED) is 0.288. The highest BCUT2D eigenvalue weighted by Gasteiger charge is 2.32. The van der Waals surface area contributed by atoms with E-state index in [1.165, 1.54) is 23.5 Å². The maximum absolute atomic E-state index is 13.9. The monoisotopic (exact) mass is 600 g/mol. The Bertz CT molecular complexity index is 1580. The highest BCUT2D eigenvalue weighted by Crippen LogP contribution is 2.34. The van der Waals surface area contributed by atoms with Crippen LogP contribution in [0.1, 0.15) is 46.1 Å². The number of ether oxygens (including phenoxy) is 3. The fourth-order valence-corrected chi connectivity index (χ4v) is 6.32. The van der Waals surface area contributed by atoms with Crippen molar-refractivity contribution in [3.8, 4) is 11.1 Å². The number of piperidine rings is 1. The van der Waals surface area contributed by atoms with Gasteiger partial charge in [-0.15, -0.1) is 0 Å². The van der Waals surface area contributed by atoms with Crippen LogP contribution >= 0.6 is 0 Å². The predicted octanol–water partition coefficient (Wildman–Crippen LogP) is 3.39. The minimum absolute atomic E-state index is 0.00144. The van der Waals surface area contributed by atoms with Crippen LogP contribution in [0, 0.1) is 5.41 Å². The summed E-state index contributed by atoms with van der Waals surface area (Å²) in [6, 6.07) is 8.24. The molecule has 0 saturated carbocycles. The first-order valence-electron chi connectivity index (χ1n) is 13.5. The summed E-state index contributed by atoms with van der Waals surface area (Å²) in [5, 5.41) is 6.96. The summed E-state index contributed by atoms with van der Waals surface area (Å²) >= 11 is 0.